The molecule has 23 heavy (non-hydrogen) atoms. The van der Waals surface area contributed by atoms with Crippen LogP contribution in [0.15, 0.2) is 22.9 Å². The Morgan fingerprint density at radius 1 is 1.57 bits per heavy atom. The highest BCUT2D eigenvalue weighted by Crippen LogP contribution is 2.25. The van der Waals surface area contributed by atoms with Crippen LogP contribution in [-0.2, 0) is 22.4 Å². The van der Waals surface area contributed by atoms with E-state index in [1.165, 1.54) is 11.8 Å². The Bertz CT molecular complexity index is 677. The lowest BCUT2D eigenvalue weighted by molar-refractivity contribution is 0.0382. The van der Waals surface area contributed by atoms with Gasteiger partial charge in [-0.1, -0.05) is 0 Å². The fraction of sp³-hybridized carbons (Fsp3) is 0.500. The molecule has 0 aromatic carbocycles. The Hall–Kier alpha value is -2.12. The molecule has 0 saturated carbocycles. The van der Waals surface area contributed by atoms with Crippen LogP contribution in [0, 0.1) is 6.92 Å². The molecule has 0 aliphatic carbocycles. The number of fused-ring (bicyclic) bond motifs is 1. The zero-order valence-electron chi connectivity index (χ0n) is 13.4. The van der Waals surface area contributed by atoms with Crippen LogP contribution >= 0.6 is 0 Å². The van der Waals surface area contributed by atoms with Crippen LogP contribution in [0.25, 0.3) is 0 Å². The van der Waals surface area contributed by atoms with E-state index in [9.17, 15) is 4.79 Å². The molecule has 1 N–H and O–H groups in total. The zero-order valence-corrected chi connectivity index (χ0v) is 13.4. The number of rotatable bonds is 6. The van der Waals surface area contributed by atoms with Crippen molar-refractivity contribution in [1.82, 2.24) is 15.1 Å². The Kier molecular flexibility index (Phi) is 4.78. The number of carbonyl (C=O) groups excluding carboxylic acids is 1. The molecule has 1 aliphatic rings. The molecule has 3 heterocycles. The van der Waals surface area contributed by atoms with Crippen LogP contribution in [0.4, 0.5) is 0 Å². The van der Waals surface area contributed by atoms with Crippen LogP contribution in [0.1, 0.15) is 33.5 Å². The van der Waals surface area contributed by atoms with Gasteiger partial charge < -0.3 is 19.2 Å². The van der Waals surface area contributed by atoms with Gasteiger partial charge in [0.25, 0.3) is 5.91 Å². The Labute approximate surface area is 134 Å². The normalized spacial score (nSPS) is 17.0. The molecule has 0 fully saturated rings. The molecule has 124 valence electrons. The lowest BCUT2D eigenvalue weighted by atomic mass is 10.1. The number of carbonyl (C=O) groups is 1. The van der Waals surface area contributed by atoms with Crippen molar-refractivity contribution >= 4 is 5.91 Å². The predicted octanol–water partition coefficient (Wildman–Crippen LogP) is 1.47. The molecule has 2 aromatic rings. The largest absolute Gasteiger partial charge is 0.469 e. The fourth-order valence-corrected chi connectivity index (χ4v) is 2.69. The molecule has 1 atom stereocenters. The molecule has 7 heteroatoms. The number of ether oxygens (including phenoxy) is 2. The van der Waals surface area contributed by atoms with Gasteiger partial charge in [-0.05, 0) is 25.0 Å². The van der Waals surface area contributed by atoms with Crippen LogP contribution in [0.2, 0.25) is 0 Å². The van der Waals surface area contributed by atoms with Gasteiger partial charge in [0.2, 0.25) is 0 Å². The van der Waals surface area contributed by atoms with E-state index in [1.54, 1.807) is 20.1 Å². The molecule has 0 spiro atoms. The molecular formula is C16H21N3O4. The lowest BCUT2D eigenvalue weighted by Gasteiger charge is -2.22. The summed E-state index contributed by atoms with van der Waals surface area (Å²) in [4.78, 5) is 12.2. The standard InChI is InChI=1S/C16H21N3O4/c1-11-13(4-7-22-11)16(20)17-9-14-15-12(3-6-23-14)10-19(18-15)5-8-21-2/h4,7,10,14H,3,5-6,8-9H2,1-2H3,(H,17,20). The minimum atomic E-state index is -0.223. The Morgan fingerprint density at radius 3 is 3.17 bits per heavy atom. The number of aryl methyl sites for hydroxylation is 1. The number of aromatic nitrogens is 2. The van der Waals surface area contributed by atoms with Gasteiger partial charge in [-0.25, -0.2) is 0 Å². The van der Waals surface area contributed by atoms with Crippen LogP contribution in [0.5, 0.6) is 0 Å². The summed E-state index contributed by atoms with van der Waals surface area (Å²) in [5.41, 5.74) is 2.62. The second kappa shape index (κ2) is 6.97. The van der Waals surface area contributed by atoms with Crippen molar-refractivity contribution < 1.29 is 18.7 Å². The summed E-state index contributed by atoms with van der Waals surface area (Å²) < 4.78 is 17.9. The average molecular weight is 319 g/mol. The maximum absolute atomic E-state index is 12.2. The minimum Gasteiger partial charge on any atom is -0.469 e. The molecule has 1 aliphatic heterocycles. The van der Waals surface area contributed by atoms with Crippen molar-refractivity contribution in [2.45, 2.75) is 26.0 Å². The molecule has 1 unspecified atom stereocenters. The van der Waals surface area contributed by atoms with Gasteiger partial charge in [0.15, 0.2) is 0 Å². The van der Waals surface area contributed by atoms with E-state index in [2.05, 4.69) is 10.4 Å². The third-order valence-corrected chi connectivity index (χ3v) is 3.94. The predicted molar refractivity (Wildman–Crippen MR) is 82.3 cm³/mol. The number of hydrogen-bond donors (Lipinski definition) is 1. The number of nitrogens with one attached hydrogen (secondary N) is 1. The Balaban J connectivity index is 1.65. The smallest absolute Gasteiger partial charge is 0.254 e. The molecule has 0 bridgehead atoms. The van der Waals surface area contributed by atoms with Crippen molar-refractivity contribution in [3.8, 4) is 0 Å². The van der Waals surface area contributed by atoms with Gasteiger partial charge in [0.1, 0.15) is 11.9 Å². The first-order valence-corrected chi connectivity index (χ1v) is 7.68. The molecule has 3 rings (SSSR count). The van der Waals surface area contributed by atoms with Crippen molar-refractivity contribution in [3.05, 3.63) is 41.1 Å². The molecular weight excluding hydrogens is 298 g/mol. The van der Waals surface area contributed by atoms with E-state index in [1.807, 2.05) is 10.9 Å². The summed E-state index contributed by atoms with van der Waals surface area (Å²) in [7, 11) is 1.67. The second-order valence-electron chi connectivity index (χ2n) is 5.51. The van der Waals surface area contributed by atoms with Gasteiger partial charge in [-0.3, -0.25) is 9.48 Å². The lowest BCUT2D eigenvalue weighted by Crippen LogP contribution is -2.32. The first kappa shape index (κ1) is 15.8. The van der Waals surface area contributed by atoms with E-state index in [0.29, 0.717) is 37.6 Å². The van der Waals surface area contributed by atoms with Gasteiger partial charge in [0.05, 0.1) is 37.3 Å². The fourth-order valence-electron chi connectivity index (χ4n) is 2.69. The third kappa shape index (κ3) is 3.46. The van der Waals surface area contributed by atoms with Gasteiger partial charge in [-0.2, -0.15) is 5.10 Å². The van der Waals surface area contributed by atoms with E-state index < -0.39 is 0 Å². The van der Waals surface area contributed by atoms with Crippen molar-refractivity contribution in [3.63, 3.8) is 0 Å². The summed E-state index contributed by atoms with van der Waals surface area (Å²) in [5.74, 6) is 0.447. The minimum absolute atomic E-state index is 0.161. The van der Waals surface area contributed by atoms with E-state index >= 15 is 0 Å². The number of amides is 1. The summed E-state index contributed by atoms with van der Waals surface area (Å²) in [6.45, 7) is 4.10. The highest BCUT2D eigenvalue weighted by atomic mass is 16.5. The third-order valence-electron chi connectivity index (χ3n) is 3.94. The molecule has 7 nitrogen and oxygen atoms in total. The summed E-state index contributed by atoms with van der Waals surface area (Å²) in [6.07, 6.45) is 4.16. The number of nitrogens with zero attached hydrogens (tertiary/aromatic N) is 2. The number of methoxy groups -OCH3 is 1. The summed E-state index contributed by atoms with van der Waals surface area (Å²) in [6, 6.07) is 1.66. The number of hydrogen-bond acceptors (Lipinski definition) is 5. The van der Waals surface area contributed by atoms with E-state index in [4.69, 9.17) is 13.9 Å². The van der Waals surface area contributed by atoms with Crippen molar-refractivity contribution in [1.29, 1.82) is 0 Å². The van der Waals surface area contributed by atoms with E-state index in [-0.39, 0.29) is 12.0 Å². The SMILES string of the molecule is COCCn1cc2c(n1)C(CNC(=O)c1ccoc1C)OCC2. The van der Waals surface area contributed by atoms with Gasteiger partial charge in [-0.15, -0.1) is 0 Å². The first-order chi connectivity index (χ1) is 11.2. The van der Waals surface area contributed by atoms with Crippen molar-refractivity contribution in [2.24, 2.45) is 0 Å². The molecule has 1 amide bonds. The Morgan fingerprint density at radius 2 is 2.43 bits per heavy atom. The maximum atomic E-state index is 12.2. The summed E-state index contributed by atoms with van der Waals surface area (Å²) >= 11 is 0. The zero-order chi connectivity index (χ0) is 16.2. The van der Waals surface area contributed by atoms with Crippen molar-refractivity contribution in [2.75, 3.05) is 26.9 Å². The average Bonchev–Trinajstić information content (AvgIpc) is 3.16. The molecule has 0 saturated heterocycles. The maximum Gasteiger partial charge on any atom is 0.254 e. The summed E-state index contributed by atoms with van der Waals surface area (Å²) in [5, 5.41) is 7.46. The second-order valence-corrected chi connectivity index (χ2v) is 5.51. The molecule has 0 radical (unpaired) electrons. The number of furan rings is 1. The van der Waals surface area contributed by atoms with Crippen LogP contribution in [-0.4, -0.2) is 42.6 Å². The monoisotopic (exact) mass is 319 g/mol. The van der Waals surface area contributed by atoms with Crippen LogP contribution < -0.4 is 5.32 Å². The topological polar surface area (TPSA) is 78.5 Å². The quantitative estimate of drug-likeness (QED) is 0.872. The molecule has 2 aromatic heterocycles. The van der Waals surface area contributed by atoms with Gasteiger partial charge >= 0.3 is 0 Å². The van der Waals surface area contributed by atoms with Gasteiger partial charge in [0, 0.05) is 19.9 Å². The first-order valence-electron chi connectivity index (χ1n) is 7.68. The highest BCUT2D eigenvalue weighted by Gasteiger charge is 2.25. The highest BCUT2D eigenvalue weighted by molar-refractivity contribution is 5.95. The van der Waals surface area contributed by atoms with Crippen LogP contribution in [0.3, 0.4) is 0 Å². The van der Waals surface area contributed by atoms with E-state index in [0.717, 1.165) is 12.1 Å².